The third kappa shape index (κ3) is 6.53. The first kappa shape index (κ1) is 26.1. The number of rotatable bonds is 9. The molecule has 2 N–H and O–H groups in total. The number of hydrogen-bond acceptors (Lipinski definition) is 5. The van der Waals surface area contributed by atoms with Gasteiger partial charge in [0.05, 0.1) is 19.8 Å². The Balaban J connectivity index is 1.73. The van der Waals surface area contributed by atoms with Crippen LogP contribution in [-0.2, 0) is 4.79 Å². The van der Waals surface area contributed by atoms with Gasteiger partial charge in [-0.15, -0.1) is 0 Å². The van der Waals surface area contributed by atoms with Crippen molar-refractivity contribution in [3.63, 3.8) is 0 Å². The number of para-hydroxylation sites is 1. The SMILES string of the molecule is CC[C@H](C)NC(=O)[C@H](NC(=O)c1cccc(OC)c1)C1CCN(C(=O)c2ccccc2OC)CC1. The smallest absolute Gasteiger partial charge is 0.257 e. The van der Waals surface area contributed by atoms with Crippen molar-refractivity contribution in [3.05, 3.63) is 59.7 Å². The second-order valence-corrected chi connectivity index (χ2v) is 8.83. The molecule has 8 nitrogen and oxygen atoms in total. The van der Waals surface area contributed by atoms with Gasteiger partial charge in [-0.05, 0) is 62.4 Å². The molecule has 8 heteroatoms. The average molecular weight is 482 g/mol. The Kier molecular flexibility index (Phi) is 9.11. The highest BCUT2D eigenvalue weighted by Crippen LogP contribution is 2.26. The largest absolute Gasteiger partial charge is 0.497 e. The topological polar surface area (TPSA) is 97.0 Å². The highest BCUT2D eigenvalue weighted by molar-refractivity contribution is 5.98. The maximum atomic E-state index is 13.2. The van der Waals surface area contributed by atoms with Gasteiger partial charge in [-0.2, -0.15) is 0 Å². The van der Waals surface area contributed by atoms with Crippen LogP contribution in [0, 0.1) is 5.92 Å². The minimum atomic E-state index is -0.703. The maximum absolute atomic E-state index is 13.2. The molecule has 1 heterocycles. The molecule has 2 atom stereocenters. The molecule has 3 rings (SSSR count). The molecule has 1 aliphatic heterocycles. The van der Waals surface area contributed by atoms with Crippen molar-refractivity contribution < 1.29 is 23.9 Å². The summed E-state index contributed by atoms with van der Waals surface area (Å²) in [6.45, 7) is 4.91. The maximum Gasteiger partial charge on any atom is 0.257 e. The molecule has 0 spiro atoms. The van der Waals surface area contributed by atoms with Crippen LogP contribution in [0.3, 0.4) is 0 Å². The quantitative estimate of drug-likeness (QED) is 0.573. The molecule has 1 saturated heterocycles. The summed E-state index contributed by atoms with van der Waals surface area (Å²) in [5, 5.41) is 5.95. The molecular formula is C27H35N3O5. The summed E-state index contributed by atoms with van der Waals surface area (Å²) in [6.07, 6.45) is 1.98. The molecule has 0 saturated carbocycles. The van der Waals surface area contributed by atoms with E-state index in [0.29, 0.717) is 48.6 Å². The van der Waals surface area contributed by atoms with Gasteiger partial charge >= 0.3 is 0 Å². The van der Waals surface area contributed by atoms with Crippen LogP contribution >= 0.6 is 0 Å². The molecule has 2 aromatic carbocycles. The van der Waals surface area contributed by atoms with E-state index < -0.39 is 6.04 Å². The van der Waals surface area contributed by atoms with Crippen LogP contribution in [0.4, 0.5) is 0 Å². The zero-order chi connectivity index (χ0) is 25.4. The second-order valence-electron chi connectivity index (χ2n) is 8.83. The van der Waals surface area contributed by atoms with Crippen LogP contribution < -0.4 is 20.1 Å². The van der Waals surface area contributed by atoms with Crippen molar-refractivity contribution in [1.82, 2.24) is 15.5 Å². The Morgan fingerprint density at radius 3 is 2.37 bits per heavy atom. The van der Waals surface area contributed by atoms with Gasteiger partial charge in [0.25, 0.3) is 11.8 Å². The van der Waals surface area contributed by atoms with Gasteiger partial charge in [-0.25, -0.2) is 0 Å². The molecule has 2 aromatic rings. The van der Waals surface area contributed by atoms with E-state index in [4.69, 9.17) is 9.47 Å². The number of nitrogens with one attached hydrogen (secondary N) is 2. The second kappa shape index (κ2) is 12.2. The summed E-state index contributed by atoms with van der Waals surface area (Å²) < 4.78 is 10.6. The van der Waals surface area contributed by atoms with Gasteiger partial charge in [0, 0.05) is 24.7 Å². The number of benzene rings is 2. The van der Waals surface area contributed by atoms with E-state index in [9.17, 15) is 14.4 Å². The van der Waals surface area contributed by atoms with Crippen LogP contribution in [0.1, 0.15) is 53.8 Å². The number of amides is 3. The van der Waals surface area contributed by atoms with Crippen LogP contribution in [0.25, 0.3) is 0 Å². The normalized spacial score (nSPS) is 15.6. The van der Waals surface area contributed by atoms with Crippen LogP contribution in [0.15, 0.2) is 48.5 Å². The summed E-state index contributed by atoms with van der Waals surface area (Å²) in [4.78, 5) is 41.1. The van der Waals surface area contributed by atoms with Crippen molar-refractivity contribution in [2.45, 2.75) is 45.2 Å². The summed E-state index contributed by atoms with van der Waals surface area (Å²) in [5.74, 6) is 0.375. The van der Waals surface area contributed by atoms with Crippen molar-refractivity contribution in [2.24, 2.45) is 5.92 Å². The Bertz CT molecular complexity index is 1030. The van der Waals surface area contributed by atoms with Crippen LogP contribution in [0.2, 0.25) is 0 Å². The van der Waals surface area contributed by atoms with Crippen molar-refractivity contribution in [1.29, 1.82) is 0 Å². The lowest BCUT2D eigenvalue weighted by Crippen LogP contribution is -2.55. The molecule has 1 fully saturated rings. The number of ether oxygens (including phenoxy) is 2. The lowest BCUT2D eigenvalue weighted by atomic mass is 9.88. The number of carbonyl (C=O) groups excluding carboxylic acids is 3. The molecule has 0 bridgehead atoms. The van der Waals surface area contributed by atoms with Gasteiger partial charge < -0.3 is 25.0 Å². The summed E-state index contributed by atoms with van der Waals surface area (Å²) in [6, 6.07) is 13.3. The number of hydrogen-bond donors (Lipinski definition) is 2. The third-order valence-corrected chi connectivity index (χ3v) is 6.54. The van der Waals surface area contributed by atoms with E-state index in [1.807, 2.05) is 26.0 Å². The lowest BCUT2D eigenvalue weighted by Gasteiger charge is -2.36. The van der Waals surface area contributed by atoms with Gasteiger partial charge in [0.15, 0.2) is 0 Å². The first-order chi connectivity index (χ1) is 16.9. The van der Waals surface area contributed by atoms with Crippen LogP contribution in [-0.4, -0.2) is 62.0 Å². The molecule has 3 amide bonds. The lowest BCUT2D eigenvalue weighted by molar-refractivity contribution is -0.125. The van der Waals surface area contributed by atoms with E-state index >= 15 is 0 Å². The molecule has 0 aliphatic carbocycles. The van der Waals surface area contributed by atoms with Gasteiger partial charge in [0.1, 0.15) is 17.5 Å². The fourth-order valence-corrected chi connectivity index (χ4v) is 4.25. The molecular weight excluding hydrogens is 446 g/mol. The van der Waals surface area contributed by atoms with Crippen molar-refractivity contribution in [2.75, 3.05) is 27.3 Å². The number of nitrogens with zero attached hydrogens (tertiary/aromatic N) is 1. The van der Waals surface area contributed by atoms with Gasteiger partial charge in [-0.1, -0.05) is 25.1 Å². The molecule has 0 unspecified atom stereocenters. The van der Waals surface area contributed by atoms with E-state index in [0.717, 1.165) is 6.42 Å². The molecule has 0 radical (unpaired) electrons. The fraction of sp³-hybridized carbons (Fsp3) is 0.444. The zero-order valence-electron chi connectivity index (χ0n) is 20.9. The number of likely N-dealkylation sites (tertiary alicyclic amines) is 1. The molecule has 0 aromatic heterocycles. The zero-order valence-corrected chi connectivity index (χ0v) is 20.9. The highest BCUT2D eigenvalue weighted by Gasteiger charge is 2.35. The van der Waals surface area contributed by atoms with E-state index in [1.54, 1.807) is 55.5 Å². The Labute approximate surface area is 207 Å². The van der Waals surface area contributed by atoms with E-state index in [2.05, 4.69) is 10.6 Å². The Hall–Kier alpha value is -3.55. The Morgan fingerprint density at radius 2 is 1.71 bits per heavy atom. The molecule has 1 aliphatic rings. The van der Waals surface area contributed by atoms with E-state index in [1.165, 1.54) is 0 Å². The summed E-state index contributed by atoms with van der Waals surface area (Å²) >= 11 is 0. The first-order valence-corrected chi connectivity index (χ1v) is 12.1. The van der Waals surface area contributed by atoms with Crippen molar-refractivity contribution in [3.8, 4) is 11.5 Å². The average Bonchev–Trinajstić information content (AvgIpc) is 2.91. The van der Waals surface area contributed by atoms with Crippen molar-refractivity contribution >= 4 is 17.7 Å². The monoisotopic (exact) mass is 481 g/mol. The third-order valence-electron chi connectivity index (χ3n) is 6.54. The number of carbonyl (C=O) groups is 3. The summed E-state index contributed by atoms with van der Waals surface area (Å²) in [7, 11) is 3.09. The summed E-state index contributed by atoms with van der Waals surface area (Å²) in [5.41, 5.74) is 0.945. The number of methoxy groups -OCH3 is 2. The minimum Gasteiger partial charge on any atom is -0.497 e. The first-order valence-electron chi connectivity index (χ1n) is 12.1. The fourth-order valence-electron chi connectivity index (χ4n) is 4.25. The number of piperidine rings is 1. The minimum absolute atomic E-state index is 0.00839. The van der Waals surface area contributed by atoms with Gasteiger partial charge in [-0.3, -0.25) is 14.4 Å². The predicted molar refractivity (Wildman–Crippen MR) is 134 cm³/mol. The standard InChI is InChI=1S/C27H35N3O5/c1-5-18(2)28-26(32)24(29-25(31)20-9-8-10-21(17-20)34-3)19-13-15-30(16-14-19)27(33)22-11-6-7-12-23(22)35-4/h6-12,17-19,24H,5,13-16H2,1-4H3,(H,28,32)(H,29,31)/t18-,24+/m0/s1. The van der Waals surface area contributed by atoms with Gasteiger partial charge in [0.2, 0.25) is 5.91 Å². The highest BCUT2D eigenvalue weighted by atomic mass is 16.5. The van der Waals surface area contributed by atoms with Crippen LogP contribution in [0.5, 0.6) is 11.5 Å². The Morgan fingerprint density at radius 1 is 1.00 bits per heavy atom. The molecule has 188 valence electrons. The van der Waals surface area contributed by atoms with E-state index in [-0.39, 0.29) is 29.7 Å². The predicted octanol–water partition coefficient (Wildman–Crippen LogP) is 3.27. The molecule has 35 heavy (non-hydrogen) atoms.